The molecule has 0 aliphatic heterocycles. The summed E-state index contributed by atoms with van der Waals surface area (Å²) in [6.45, 7) is 0. The predicted molar refractivity (Wildman–Crippen MR) is 106 cm³/mol. The van der Waals surface area contributed by atoms with Crippen LogP contribution < -0.4 is 16.4 Å². The van der Waals surface area contributed by atoms with Crippen LogP contribution in [0.3, 0.4) is 0 Å². The predicted octanol–water partition coefficient (Wildman–Crippen LogP) is 3.63. The van der Waals surface area contributed by atoms with E-state index in [0.717, 1.165) is 11.1 Å². The van der Waals surface area contributed by atoms with Gasteiger partial charge in [-0.25, -0.2) is 4.79 Å². The number of hydrogen-bond acceptors (Lipinski definition) is 2. The first kappa shape index (κ1) is 18.2. The van der Waals surface area contributed by atoms with Crippen molar-refractivity contribution in [1.29, 1.82) is 0 Å². The second-order valence-corrected chi connectivity index (χ2v) is 6.16. The van der Waals surface area contributed by atoms with Crippen molar-refractivity contribution in [2.45, 2.75) is 12.5 Å². The van der Waals surface area contributed by atoms with Crippen molar-refractivity contribution in [2.24, 2.45) is 5.73 Å². The molecule has 1 atom stereocenters. The molecule has 3 amide bonds. The van der Waals surface area contributed by atoms with Crippen LogP contribution in [0.2, 0.25) is 0 Å². The molecule has 3 aromatic rings. The molecule has 1 unspecified atom stereocenters. The molecule has 0 spiro atoms. The second-order valence-electron chi connectivity index (χ2n) is 6.16. The van der Waals surface area contributed by atoms with Crippen LogP contribution in [0.15, 0.2) is 84.9 Å². The molecule has 0 saturated carbocycles. The summed E-state index contributed by atoms with van der Waals surface area (Å²) in [6.07, 6.45) is 0.690. The number of primary amides is 1. The summed E-state index contributed by atoms with van der Waals surface area (Å²) >= 11 is 0. The minimum absolute atomic E-state index is 0.483. The van der Waals surface area contributed by atoms with E-state index in [9.17, 15) is 9.59 Å². The highest BCUT2D eigenvalue weighted by Gasteiger charge is 2.20. The number of nitrogens with one attached hydrogen (secondary N) is 2. The molecule has 0 aromatic heterocycles. The molecule has 3 rings (SSSR count). The minimum atomic E-state index is -0.896. The largest absolute Gasteiger partial charge is 0.368 e. The van der Waals surface area contributed by atoms with Gasteiger partial charge in [-0.05, 0) is 29.2 Å². The van der Waals surface area contributed by atoms with Crippen molar-refractivity contribution in [3.63, 3.8) is 0 Å². The van der Waals surface area contributed by atoms with E-state index < -0.39 is 18.0 Å². The van der Waals surface area contributed by atoms with Gasteiger partial charge in [0.15, 0.2) is 0 Å². The zero-order valence-electron chi connectivity index (χ0n) is 14.8. The summed E-state index contributed by atoms with van der Waals surface area (Å²) in [6, 6.07) is 25.1. The van der Waals surface area contributed by atoms with Gasteiger partial charge in [0, 0.05) is 5.69 Å². The molecule has 0 bridgehead atoms. The number of rotatable bonds is 6. The van der Waals surface area contributed by atoms with Gasteiger partial charge >= 0.3 is 6.03 Å². The van der Waals surface area contributed by atoms with Crippen molar-refractivity contribution in [2.75, 3.05) is 5.32 Å². The van der Waals surface area contributed by atoms with Crippen LogP contribution in [0, 0.1) is 0 Å². The molecule has 5 heteroatoms. The lowest BCUT2D eigenvalue weighted by Gasteiger charge is -2.17. The van der Waals surface area contributed by atoms with E-state index in [1.807, 2.05) is 60.7 Å². The zero-order valence-corrected chi connectivity index (χ0v) is 14.8. The second kappa shape index (κ2) is 8.67. The smallest absolute Gasteiger partial charge is 0.320 e. The number of amides is 3. The fourth-order valence-corrected chi connectivity index (χ4v) is 2.87. The number of carbonyl (C=O) groups excluding carboxylic acids is 2. The molecule has 0 fully saturated rings. The molecule has 5 nitrogen and oxygen atoms in total. The Balaban J connectivity index is 1.73. The van der Waals surface area contributed by atoms with Crippen molar-refractivity contribution in [1.82, 2.24) is 5.32 Å². The van der Waals surface area contributed by atoms with Crippen LogP contribution in [0.25, 0.3) is 0 Å². The number of nitrogens with two attached hydrogens (primary N) is 1. The van der Waals surface area contributed by atoms with Crippen LogP contribution in [-0.4, -0.2) is 11.9 Å². The third-order valence-electron chi connectivity index (χ3n) is 4.20. The zero-order chi connectivity index (χ0) is 19.1. The Morgan fingerprint density at radius 3 is 2.07 bits per heavy atom. The number of urea groups is 1. The van der Waals surface area contributed by atoms with Crippen LogP contribution >= 0.6 is 0 Å². The first-order valence-electron chi connectivity index (χ1n) is 8.67. The lowest BCUT2D eigenvalue weighted by atomic mass is 10.0. The van der Waals surface area contributed by atoms with Crippen molar-refractivity contribution >= 4 is 17.6 Å². The number of carbonyl (C=O) groups is 2. The van der Waals surface area contributed by atoms with Crippen LogP contribution in [-0.2, 0) is 11.2 Å². The average molecular weight is 359 g/mol. The Kier molecular flexibility index (Phi) is 5.84. The molecular weight excluding hydrogens is 338 g/mol. The summed E-state index contributed by atoms with van der Waals surface area (Å²) in [7, 11) is 0. The number of benzene rings is 3. The molecule has 136 valence electrons. The number of para-hydroxylation sites is 1. The molecule has 0 saturated heterocycles. The van der Waals surface area contributed by atoms with Gasteiger partial charge in [-0.2, -0.15) is 0 Å². The molecule has 0 heterocycles. The lowest BCUT2D eigenvalue weighted by Crippen LogP contribution is -2.39. The molecule has 3 aromatic carbocycles. The maximum Gasteiger partial charge on any atom is 0.320 e. The molecule has 0 radical (unpaired) electrons. The van der Waals surface area contributed by atoms with E-state index in [1.54, 1.807) is 24.3 Å². The molecule has 0 aliphatic rings. The van der Waals surface area contributed by atoms with Crippen LogP contribution in [0.4, 0.5) is 10.5 Å². The lowest BCUT2D eigenvalue weighted by molar-refractivity contribution is -0.119. The van der Waals surface area contributed by atoms with Gasteiger partial charge in [-0.1, -0.05) is 78.9 Å². The van der Waals surface area contributed by atoms with E-state index in [1.165, 1.54) is 0 Å². The summed E-state index contributed by atoms with van der Waals surface area (Å²) in [5.41, 5.74) is 8.91. The summed E-state index contributed by atoms with van der Waals surface area (Å²) in [4.78, 5) is 24.3. The maximum absolute atomic E-state index is 12.5. The standard InChI is InChI=1S/C22H21N3O2/c23-21(26)20(17-11-5-2-6-12-17)25-22(27)24-19-14-8-7-13-18(19)15-16-9-3-1-4-10-16/h1-14,20H,15H2,(H2,23,26)(H2,24,25,27). The van der Waals surface area contributed by atoms with Gasteiger partial charge < -0.3 is 16.4 Å². The SMILES string of the molecule is NC(=O)C(NC(=O)Nc1ccccc1Cc1ccccc1)c1ccccc1. The Morgan fingerprint density at radius 2 is 1.41 bits per heavy atom. The highest BCUT2D eigenvalue weighted by atomic mass is 16.2. The number of anilines is 1. The first-order valence-corrected chi connectivity index (χ1v) is 8.67. The topological polar surface area (TPSA) is 84.2 Å². The molecule has 4 N–H and O–H groups in total. The Labute approximate surface area is 158 Å². The highest BCUT2D eigenvalue weighted by Crippen LogP contribution is 2.19. The number of hydrogen-bond donors (Lipinski definition) is 3. The molecule has 0 aliphatic carbocycles. The van der Waals surface area contributed by atoms with E-state index in [0.29, 0.717) is 17.7 Å². The fraction of sp³-hybridized carbons (Fsp3) is 0.0909. The van der Waals surface area contributed by atoms with Gasteiger partial charge in [-0.3, -0.25) is 4.79 Å². The van der Waals surface area contributed by atoms with Gasteiger partial charge in [0.25, 0.3) is 0 Å². The van der Waals surface area contributed by atoms with Gasteiger partial charge in [0.05, 0.1) is 0 Å². The van der Waals surface area contributed by atoms with E-state index in [-0.39, 0.29) is 0 Å². The van der Waals surface area contributed by atoms with Crippen molar-refractivity contribution in [3.8, 4) is 0 Å². The molecular formula is C22H21N3O2. The Hall–Kier alpha value is -3.60. The van der Waals surface area contributed by atoms with E-state index >= 15 is 0 Å². The van der Waals surface area contributed by atoms with Crippen molar-refractivity contribution < 1.29 is 9.59 Å². The van der Waals surface area contributed by atoms with Crippen LogP contribution in [0.1, 0.15) is 22.7 Å². The fourth-order valence-electron chi connectivity index (χ4n) is 2.87. The maximum atomic E-state index is 12.5. The van der Waals surface area contributed by atoms with Gasteiger partial charge in [0.2, 0.25) is 5.91 Å². The first-order chi connectivity index (χ1) is 13.1. The molecule has 27 heavy (non-hydrogen) atoms. The van der Waals surface area contributed by atoms with Gasteiger partial charge in [0.1, 0.15) is 6.04 Å². The average Bonchev–Trinajstić information content (AvgIpc) is 2.69. The summed E-state index contributed by atoms with van der Waals surface area (Å²) < 4.78 is 0. The Morgan fingerprint density at radius 1 is 0.815 bits per heavy atom. The quantitative estimate of drug-likeness (QED) is 0.628. The normalized spacial score (nSPS) is 11.4. The summed E-state index contributed by atoms with van der Waals surface area (Å²) in [5.74, 6) is -0.617. The van der Waals surface area contributed by atoms with E-state index in [2.05, 4.69) is 10.6 Å². The highest BCUT2D eigenvalue weighted by molar-refractivity contribution is 5.94. The third kappa shape index (κ3) is 4.95. The van der Waals surface area contributed by atoms with E-state index in [4.69, 9.17) is 5.73 Å². The third-order valence-corrected chi connectivity index (χ3v) is 4.20. The minimum Gasteiger partial charge on any atom is -0.368 e. The summed E-state index contributed by atoms with van der Waals surface area (Å²) in [5, 5.41) is 5.48. The van der Waals surface area contributed by atoms with Crippen molar-refractivity contribution in [3.05, 3.63) is 102 Å². The van der Waals surface area contributed by atoms with Gasteiger partial charge in [-0.15, -0.1) is 0 Å². The Bertz CT molecular complexity index is 911. The monoisotopic (exact) mass is 359 g/mol. The van der Waals surface area contributed by atoms with Crippen LogP contribution in [0.5, 0.6) is 0 Å².